The maximum atomic E-state index is 9.88. The zero-order valence-corrected chi connectivity index (χ0v) is 12.3. The monoisotopic (exact) mass is 296 g/mol. The first-order valence-electron chi connectivity index (χ1n) is 6.86. The molecule has 0 aliphatic heterocycles. The minimum atomic E-state index is 0.329. The van der Waals surface area contributed by atoms with Gasteiger partial charge in [-0.25, -0.2) is 0 Å². The molecule has 0 aromatic heterocycles. The van der Waals surface area contributed by atoms with E-state index in [1.54, 1.807) is 17.8 Å². The van der Waals surface area contributed by atoms with Crippen molar-refractivity contribution in [2.75, 3.05) is 12.4 Å². The summed E-state index contributed by atoms with van der Waals surface area (Å²) in [5, 5.41) is 11.9. The third-order valence-corrected chi connectivity index (χ3v) is 4.25. The third kappa shape index (κ3) is 3.31. The van der Waals surface area contributed by atoms with Gasteiger partial charge < -0.3 is 9.84 Å². The van der Waals surface area contributed by atoms with Gasteiger partial charge in [0, 0.05) is 16.0 Å². The summed E-state index contributed by atoms with van der Waals surface area (Å²) in [7, 11) is 0. The highest BCUT2D eigenvalue weighted by atomic mass is 32.2. The van der Waals surface area contributed by atoms with E-state index in [1.165, 1.54) is 4.90 Å². The first-order valence-corrected chi connectivity index (χ1v) is 7.84. The van der Waals surface area contributed by atoms with Crippen LogP contribution in [-0.4, -0.2) is 17.5 Å². The highest BCUT2D eigenvalue weighted by Gasteiger charge is 2.05. The lowest BCUT2D eigenvalue weighted by Gasteiger charge is -2.09. The van der Waals surface area contributed by atoms with Crippen LogP contribution >= 0.6 is 11.8 Å². The first-order chi connectivity index (χ1) is 10.3. The minimum absolute atomic E-state index is 0.329. The fourth-order valence-corrected chi connectivity index (χ4v) is 3.09. The summed E-state index contributed by atoms with van der Waals surface area (Å²) >= 11 is 1.74. The van der Waals surface area contributed by atoms with Crippen LogP contribution in [0.5, 0.6) is 11.5 Å². The van der Waals surface area contributed by atoms with Crippen LogP contribution in [0, 0.1) is 0 Å². The van der Waals surface area contributed by atoms with E-state index in [4.69, 9.17) is 4.74 Å². The number of hydrogen-bond donors (Lipinski definition) is 1. The molecule has 0 saturated heterocycles. The Bertz CT molecular complexity index is 726. The molecule has 3 aromatic rings. The molecule has 0 spiro atoms. The number of rotatable bonds is 5. The van der Waals surface area contributed by atoms with Gasteiger partial charge >= 0.3 is 0 Å². The van der Waals surface area contributed by atoms with Crippen LogP contribution in [0.1, 0.15) is 0 Å². The van der Waals surface area contributed by atoms with E-state index in [0.29, 0.717) is 12.4 Å². The van der Waals surface area contributed by atoms with Crippen molar-refractivity contribution in [3.63, 3.8) is 0 Å². The molecule has 1 N–H and O–H groups in total. The van der Waals surface area contributed by atoms with E-state index in [9.17, 15) is 5.11 Å². The Balaban J connectivity index is 1.65. The molecule has 0 saturated carbocycles. The molecular weight excluding hydrogens is 280 g/mol. The second-order valence-corrected chi connectivity index (χ2v) is 5.78. The molecule has 0 radical (unpaired) electrons. The quantitative estimate of drug-likeness (QED) is 0.546. The van der Waals surface area contributed by atoms with Gasteiger partial charge in [-0.05, 0) is 29.7 Å². The second-order valence-electron chi connectivity index (χ2n) is 4.64. The van der Waals surface area contributed by atoms with Crippen molar-refractivity contribution in [1.29, 1.82) is 0 Å². The Labute approximate surface area is 128 Å². The first kappa shape index (κ1) is 13.8. The van der Waals surface area contributed by atoms with Crippen molar-refractivity contribution in [3.05, 3.63) is 66.7 Å². The van der Waals surface area contributed by atoms with Gasteiger partial charge in [0.2, 0.25) is 0 Å². The Morgan fingerprint density at radius 3 is 2.33 bits per heavy atom. The molecule has 0 fully saturated rings. The second kappa shape index (κ2) is 6.55. The number of fused-ring (bicyclic) bond motifs is 1. The lowest BCUT2D eigenvalue weighted by molar-refractivity contribution is 0.344. The van der Waals surface area contributed by atoms with Crippen LogP contribution in [0.25, 0.3) is 10.8 Å². The fourth-order valence-electron chi connectivity index (χ4n) is 2.21. The lowest BCUT2D eigenvalue weighted by Crippen LogP contribution is -1.99. The van der Waals surface area contributed by atoms with Gasteiger partial charge in [0.15, 0.2) is 0 Å². The number of thioether (sulfide) groups is 1. The van der Waals surface area contributed by atoms with E-state index in [0.717, 1.165) is 22.3 Å². The standard InChI is InChI=1S/C18H16O2S/c19-17-10-11-18(16-9-5-4-8-15(16)17)21-13-12-20-14-6-2-1-3-7-14/h1-11,19H,12-13H2. The fraction of sp³-hybridized carbons (Fsp3) is 0.111. The molecular formula is C18H16O2S. The predicted octanol–water partition coefficient (Wildman–Crippen LogP) is 4.72. The van der Waals surface area contributed by atoms with Crippen LogP contribution < -0.4 is 4.74 Å². The summed E-state index contributed by atoms with van der Waals surface area (Å²) < 4.78 is 5.69. The molecule has 3 aromatic carbocycles. The molecule has 106 valence electrons. The van der Waals surface area contributed by atoms with Crippen molar-refractivity contribution >= 4 is 22.5 Å². The summed E-state index contributed by atoms with van der Waals surface area (Å²) in [4.78, 5) is 1.17. The molecule has 0 atom stereocenters. The lowest BCUT2D eigenvalue weighted by atomic mass is 10.1. The largest absolute Gasteiger partial charge is 0.507 e. The number of benzene rings is 3. The maximum Gasteiger partial charge on any atom is 0.123 e. The van der Waals surface area contributed by atoms with Crippen LogP contribution in [0.4, 0.5) is 0 Å². The highest BCUT2D eigenvalue weighted by Crippen LogP contribution is 2.33. The average molecular weight is 296 g/mol. The van der Waals surface area contributed by atoms with Gasteiger partial charge in [0.1, 0.15) is 11.5 Å². The summed E-state index contributed by atoms with van der Waals surface area (Å²) in [6, 6.07) is 21.5. The topological polar surface area (TPSA) is 29.5 Å². The van der Waals surface area contributed by atoms with E-state index in [-0.39, 0.29) is 0 Å². The van der Waals surface area contributed by atoms with Crippen molar-refractivity contribution in [1.82, 2.24) is 0 Å². The van der Waals surface area contributed by atoms with E-state index >= 15 is 0 Å². The Kier molecular flexibility index (Phi) is 4.31. The Morgan fingerprint density at radius 2 is 1.52 bits per heavy atom. The summed E-state index contributed by atoms with van der Waals surface area (Å²) in [5.74, 6) is 2.09. The van der Waals surface area contributed by atoms with Gasteiger partial charge in [-0.2, -0.15) is 0 Å². The van der Waals surface area contributed by atoms with Crippen molar-refractivity contribution in [3.8, 4) is 11.5 Å². The summed E-state index contributed by atoms with van der Waals surface area (Å²) in [5.41, 5.74) is 0. The maximum absolute atomic E-state index is 9.88. The van der Waals surface area contributed by atoms with Gasteiger partial charge in [-0.3, -0.25) is 0 Å². The number of ether oxygens (including phenoxy) is 1. The predicted molar refractivity (Wildman–Crippen MR) is 88.3 cm³/mol. The average Bonchev–Trinajstić information content (AvgIpc) is 2.55. The molecule has 0 aliphatic rings. The van der Waals surface area contributed by atoms with Crippen molar-refractivity contribution in [2.45, 2.75) is 4.90 Å². The van der Waals surface area contributed by atoms with E-state index in [1.807, 2.05) is 60.7 Å². The number of para-hydroxylation sites is 1. The molecule has 0 heterocycles. The Hall–Kier alpha value is -2.13. The highest BCUT2D eigenvalue weighted by molar-refractivity contribution is 7.99. The molecule has 0 bridgehead atoms. The minimum Gasteiger partial charge on any atom is -0.507 e. The smallest absolute Gasteiger partial charge is 0.123 e. The number of phenolic OH excluding ortho intramolecular Hbond substituents is 1. The molecule has 0 unspecified atom stereocenters. The molecule has 2 nitrogen and oxygen atoms in total. The summed E-state index contributed by atoms with van der Waals surface area (Å²) in [6.07, 6.45) is 0. The van der Waals surface area contributed by atoms with Gasteiger partial charge in [-0.15, -0.1) is 11.8 Å². The van der Waals surface area contributed by atoms with Crippen LogP contribution in [-0.2, 0) is 0 Å². The van der Waals surface area contributed by atoms with Crippen molar-refractivity contribution in [2.24, 2.45) is 0 Å². The molecule has 0 amide bonds. The number of aromatic hydroxyl groups is 1. The van der Waals surface area contributed by atoms with E-state index in [2.05, 4.69) is 0 Å². The van der Waals surface area contributed by atoms with Gasteiger partial charge in [-0.1, -0.05) is 42.5 Å². The number of phenols is 1. The summed E-state index contributed by atoms with van der Waals surface area (Å²) in [6.45, 7) is 0.657. The molecule has 3 heteroatoms. The van der Waals surface area contributed by atoms with E-state index < -0.39 is 0 Å². The zero-order chi connectivity index (χ0) is 14.5. The Morgan fingerprint density at radius 1 is 0.810 bits per heavy atom. The van der Waals surface area contributed by atoms with Crippen LogP contribution in [0.3, 0.4) is 0 Å². The molecule has 21 heavy (non-hydrogen) atoms. The third-order valence-electron chi connectivity index (χ3n) is 3.21. The molecule has 0 aliphatic carbocycles. The number of hydrogen-bond acceptors (Lipinski definition) is 3. The normalized spacial score (nSPS) is 10.7. The molecule has 3 rings (SSSR count). The van der Waals surface area contributed by atoms with Crippen LogP contribution in [0.2, 0.25) is 0 Å². The SMILES string of the molecule is Oc1ccc(SCCOc2ccccc2)c2ccccc12. The van der Waals surface area contributed by atoms with Crippen molar-refractivity contribution < 1.29 is 9.84 Å². The van der Waals surface area contributed by atoms with Gasteiger partial charge in [0.05, 0.1) is 6.61 Å². The van der Waals surface area contributed by atoms with Crippen LogP contribution in [0.15, 0.2) is 71.6 Å². The zero-order valence-electron chi connectivity index (χ0n) is 11.5. The van der Waals surface area contributed by atoms with Gasteiger partial charge in [0.25, 0.3) is 0 Å².